The average Bonchev–Trinajstić information content (AvgIpc) is 3.15. The van der Waals surface area contributed by atoms with Crippen molar-refractivity contribution in [2.24, 2.45) is 0 Å². The second kappa shape index (κ2) is 5.63. The number of anilines is 1. The number of pyridine rings is 1. The van der Waals surface area contributed by atoms with E-state index in [1.807, 2.05) is 12.3 Å². The molecule has 1 aromatic heterocycles. The number of aromatic nitrogens is 1. The first-order chi connectivity index (χ1) is 11.2. The topological polar surface area (TPSA) is 24.9 Å². The summed E-state index contributed by atoms with van der Waals surface area (Å²) in [5, 5.41) is 3.48. The van der Waals surface area contributed by atoms with E-state index < -0.39 is 0 Å². The van der Waals surface area contributed by atoms with E-state index >= 15 is 0 Å². The van der Waals surface area contributed by atoms with Crippen molar-refractivity contribution < 1.29 is 4.39 Å². The standard InChI is InChI=1S/C20H23FN2/c1-3-13-5-6-14-10-19(22-11-16(13)14)23-18-9-7-15-12(2)4-8-17(21)20(15)18/h4,8,10-11,13,18H,3,5-7,9H2,1-2H3,(H,22,23)/t13-,18-/m1/s1. The maximum absolute atomic E-state index is 14.3. The first-order valence-corrected chi connectivity index (χ1v) is 8.70. The number of nitrogens with one attached hydrogen (secondary N) is 1. The molecular formula is C20H23FN2. The van der Waals surface area contributed by atoms with Crippen LogP contribution in [0.4, 0.5) is 10.2 Å². The van der Waals surface area contributed by atoms with Crippen molar-refractivity contribution in [1.29, 1.82) is 0 Å². The van der Waals surface area contributed by atoms with Gasteiger partial charge in [0, 0.05) is 11.8 Å². The molecule has 1 N–H and O–H groups in total. The minimum absolute atomic E-state index is 0.0406. The lowest BCUT2D eigenvalue weighted by Crippen LogP contribution is -2.10. The van der Waals surface area contributed by atoms with E-state index in [4.69, 9.17) is 0 Å². The Kier molecular flexibility index (Phi) is 3.59. The second-order valence-corrected chi connectivity index (χ2v) is 6.90. The lowest BCUT2D eigenvalue weighted by atomic mass is 10.0. The molecule has 0 saturated carbocycles. The van der Waals surface area contributed by atoms with Crippen LogP contribution in [-0.4, -0.2) is 4.98 Å². The van der Waals surface area contributed by atoms with Crippen molar-refractivity contribution in [3.8, 4) is 0 Å². The molecule has 0 saturated heterocycles. The summed E-state index contributed by atoms with van der Waals surface area (Å²) in [5.74, 6) is 1.46. The van der Waals surface area contributed by atoms with Crippen LogP contribution in [0.25, 0.3) is 0 Å². The Morgan fingerprint density at radius 1 is 1.26 bits per heavy atom. The third-order valence-corrected chi connectivity index (χ3v) is 5.61. The first kappa shape index (κ1) is 14.7. The van der Waals surface area contributed by atoms with Crippen molar-refractivity contribution in [3.63, 3.8) is 0 Å². The van der Waals surface area contributed by atoms with Crippen molar-refractivity contribution >= 4 is 5.82 Å². The largest absolute Gasteiger partial charge is 0.363 e. The van der Waals surface area contributed by atoms with Crippen LogP contribution in [0.1, 0.15) is 66.0 Å². The Labute approximate surface area is 137 Å². The molecule has 2 atom stereocenters. The molecule has 3 heteroatoms. The molecule has 2 aromatic rings. The smallest absolute Gasteiger partial charge is 0.128 e. The Balaban J connectivity index is 1.61. The van der Waals surface area contributed by atoms with Crippen LogP contribution in [0, 0.1) is 12.7 Å². The summed E-state index contributed by atoms with van der Waals surface area (Å²) in [5.41, 5.74) is 6.04. The highest BCUT2D eigenvalue weighted by atomic mass is 19.1. The van der Waals surface area contributed by atoms with Gasteiger partial charge in [-0.1, -0.05) is 13.0 Å². The molecule has 1 aromatic carbocycles. The van der Waals surface area contributed by atoms with Crippen LogP contribution in [0.15, 0.2) is 24.4 Å². The fourth-order valence-corrected chi connectivity index (χ4v) is 4.29. The molecule has 0 amide bonds. The molecule has 2 aliphatic carbocycles. The highest BCUT2D eigenvalue weighted by molar-refractivity contribution is 5.49. The Bertz CT molecular complexity index is 754. The normalized spacial score (nSPS) is 22.0. The summed E-state index contributed by atoms with van der Waals surface area (Å²) >= 11 is 0. The maximum Gasteiger partial charge on any atom is 0.128 e. The Morgan fingerprint density at radius 2 is 2.13 bits per heavy atom. The molecule has 0 spiro atoms. The molecule has 4 rings (SSSR count). The van der Waals surface area contributed by atoms with Gasteiger partial charge in [0.25, 0.3) is 0 Å². The summed E-state index contributed by atoms with van der Waals surface area (Å²) in [4.78, 5) is 4.60. The summed E-state index contributed by atoms with van der Waals surface area (Å²) in [6.07, 6.45) is 7.47. The predicted octanol–water partition coefficient (Wildman–Crippen LogP) is 5.07. The molecule has 2 aliphatic rings. The lowest BCUT2D eigenvalue weighted by Gasteiger charge is -2.17. The van der Waals surface area contributed by atoms with Gasteiger partial charge in [0.05, 0.1) is 6.04 Å². The van der Waals surface area contributed by atoms with Gasteiger partial charge in [-0.15, -0.1) is 0 Å². The van der Waals surface area contributed by atoms with Gasteiger partial charge >= 0.3 is 0 Å². The number of rotatable bonds is 3. The van der Waals surface area contributed by atoms with E-state index in [2.05, 4.69) is 30.2 Å². The summed E-state index contributed by atoms with van der Waals surface area (Å²) in [6, 6.07) is 5.70. The molecule has 0 aliphatic heterocycles. The molecule has 2 nitrogen and oxygen atoms in total. The minimum atomic E-state index is -0.0900. The summed E-state index contributed by atoms with van der Waals surface area (Å²) < 4.78 is 14.3. The second-order valence-electron chi connectivity index (χ2n) is 6.90. The highest BCUT2D eigenvalue weighted by Crippen LogP contribution is 2.39. The molecule has 0 fully saturated rings. The van der Waals surface area contributed by atoms with Gasteiger partial charge in [-0.05, 0) is 79.3 Å². The molecule has 23 heavy (non-hydrogen) atoms. The maximum atomic E-state index is 14.3. The van der Waals surface area contributed by atoms with Gasteiger partial charge in [-0.2, -0.15) is 0 Å². The van der Waals surface area contributed by atoms with Gasteiger partial charge < -0.3 is 5.32 Å². The summed E-state index contributed by atoms with van der Waals surface area (Å²) in [6.45, 7) is 4.31. The monoisotopic (exact) mass is 310 g/mol. The predicted molar refractivity (Wildman–Crippen MR) is 91.4 cm³/mol. The van der Waals surface area contributed by atoms with Crippen LogP contribution in [0.3, 0.4) is 0 Å². The van der Waals surface area contributed by atoms with Gasteiger partial charge in [0.1, 0.15) is 11.6 Å². The molecular weight excluding hydrogens is 287 g/mol. The minimum Gasteiger partial charge on any atom is -0.363 e. The molecule has 0 bridgehead atoms. The number of hydrogen-bond donors (Lipinski definition) is 1. The number of halogens is 1. The van der Waals surface area contributed by atoms with Crippen LogP contribution in [0.2, 0.25) is 0 Å². The number of nitrogens with zero attached hydrogens (tertiary/aromatic N) is 1. The van der Waals surface area contributed by atoms with E-state index in [0.717, 1.165) is 30.6 Å². The van der Waals surface area contributed by atoms with E-state index in [0.29, 0.717) is 5.92 Å². The van der Waals surface area contributed by atoms with Crippen molar-refractivity contribution in [1.82, 2.24) is 4.98 Å². The van der Waals surface area contributed by atoms with Crippen LogP contribution in [0.5, 0.6) is 0 Å². The van der Waals surface area contributed by atoms with Gasteiger partial charge in [-0.25, -0.2) is 9.37 Å². The Hall–Kier alpha value is -1.90. The number of benzene rings is 1. The van der Waals surface area contributed by atoms with E-state index in [-0.39, 0.29) is 11.9 Å². The SMILES string of the molecule is CC[C@@H]1CCc2cc(N[C@@H]3CCc4c(C)ccc(F)c43)ncc21. The molecule has 0 radical (unpaired) electrons. The third-order valence-electron chi connectivity index (χ3n) is 5.61. The summed E-state index contributed by atoms with van der Waals surface area (Å²) in [7, 11) is 0. The molecule has 120 valence electrons. The van der Waals surface area contributed by atoms with Crippen LogP contribution < -0.4 is 5.32 Å². The van der Waals surface area contributed by atoms with Gasteiger partial charge in [0.15, 0.2) is 0 Å². The zero-order chi connectivity index (χ0) is 16.0. The average molecular weight is 310 g/mol. The fraction of sp³-hybridized carbons (Fsp3) is 0.450. The van der Waals surface area contributed by atoms with Crippen molar-refractivity contribution in [3.05, 3.63) is 58.0 Å². The van der Waals surface area contributed by atoms with Crippen molar-refractivity contribution in [2.45, 2.75) is 57.9 Å². The number of hydrogen-bond acceptors (Lipinski definition) is 2. The van der Waals surface area contributed by atoms with Crippen LogP contribution >= 0.6 is 0 Å². The molecule has 0 unspecified atom stereocenters. The van der Waals surface area contributed by atoms with Gasteiger partial charge in [-0.3, -0.25) is 0 Å². The van der Waals surface area contributed by atoms with Gasteiger partial charge in [0.2, 0.25) is 0 Å². The van der Waals surface area contributed by atoms with Crippen molar-refractivity contribution in [2.75, 3.05) is 5.32 Å². The lowest BCUT2D eigenvalue weighted by molar-refractivity contribution is 0.597. The number of aryl methyl sites for hydroxylation is 2. The third kappa shape index (κ3) is 2.43. The highest BCUT2D eigenvalue weighted by Gasteiger charge is 2.28. The van der Waals surface area contributed by atoms with E-state index in [9.17, 15) is 4.39 Å². The quantitative estimate of drug-likeness (QED) is 0.856. The Morgan fingerprint density at radius 3 is 2.96 bits per heavy atom. The molecule has 1 heterocycles. The van der Waals surface area contributed by atoms with E-state index in [1.54, 1.807) is 6.07 Å². The number of fused-ring (bicyclic) bond motifs is 2. The van der Waals surface area contributed by atoms with E-state index in [1.165, 1.54) is 35.1 Å². The zero-order valence-electron chi connectivity index (χ0n) is 13.8. The van der Waals surface area contributed by atoms with Crippen LogP contribution in [-0.2, 0) is 12.8 Å². The fourth-order valence-electron chi connectivity index (χ4n) is 4.29. The zero-order valence-corrected chi connectivity index (χ0v) is 13.8. The first-order valence-electron chi connectivity index (χ1n) is 8.70.